The van der Waals surface area contributed by atoms with Crippen LogP contribution >= 0.6 is 11.6 Å². The number of aryl methyl sites for hydroxylation is 2. The molecule has 118 valence electrons. The fraction of sp³-hybridized carbons (Fsp3) is 0.474. The van der Waals surface area contributed by atoms with Gasteiger partial charge in [0.15, 0.2) is 11.6 Å². The summed E-state index contributed by atoms with van der Waals surface area (Å²) < 4.78 is 5.80. The number of benzene rings is 1. The Balaban J connectivity index is 1.78. The Labute approximate surface area is 140 Å². The molecule has 3 fully saturated rings. The van der Waals surface area contributed by atoms with Crippen LogP contribution < -0.4 is 0 Å². The number of fused-ring (bicyclic) bond motifs is 5. The zero-order valence-corrected chi connectivity index (χ0v) is 13.8. The zero-order valence-electron chi connectivity index (χ0n) is 13.1. The van der Waals surface area contributed by atoms with E-state index in [0.717, 1.165) is 35.1 Å². The highest BCUT2D eigenvalue weighted by Gasteiger charge is 2.63. The molecule has 1 aromatic rings. The molecule has 0 aromatic heterocycles. The van der Waals surface area contributed by atoms with E-state index in [9.17, 15) is 9.59 Å². The van der Waals surface area contributed by atoms with E-state index in [0.29, 0.717) is 0 Å². The van der Waals surface area contributed by atoms with Crippen molar-refractivity contribution in [2.75, 3.05) is 0 Å². The first kappa shape index (κ1) is 14.9. The van der Waals surface area contributed by atoms with Crippen molar-refractivity contribution >= 4 is 23.2 Å². The number of Topliss-reactive ketones (excluding diaryl/α,β-unsaturated/α-hetero) is 2. The molecule has 2 bridgehead atoms. The maximum Gasteiger partial charge on any atom is 0.154 e. The number of carbonyl (C=O) groups is 2. The summed E-state index contributed by atoms with van der Waals surface area (Å²) in [6.07, 6.45) is 1.71. The van der Waals surface area contributed by atoms with Crippen LogP contribution in [0.15, 0.2) is 12.1 Å². The van der Waals surface area contributed by atoms with Crippen LogP contribution in [0.4, 0.5) is 0 Å². The highest BCUT2D eigenvalue weighted by molar-refractivity contribution is 6.30. The summed E-state index contributed by atoms with van der Waals surface area (Å²) in [5.41, 5.74) is 3.52. The molecule has 1 saturated carbocycles. The van der Waals surface area contributed by atoms with Crippen LogP contribution in [0, 0.1) is 37.0 Å². The van der Waals surface area contributed by atoms with Crippen molar-refractivity contribution in [1.82, 2.24) is 0 Å². The van der Waals surface area contributed by atoms with Crippen molar-refractivity contribution in [2.45, 2.75) is 44.8 Å². The van der Waals surface area contributed by atoms with Gasteiger partial charge in [0.25, 0.3) is 0 Å². The average molecular weight is 329 g/mol. The molecule has 0 N–H and O–H groups in total. The number of ketones is 2. The zero-order chi connectivity index (χ0) is 16.3. The Kier molecular flexibility index (Phi) is 3.37. The molecular formula is C19H17ClO3. The quantitative estimate of drug-likeness (QED) is 0.588. The molecule has 3 aliphatic rings. The molecule has 1 aromatic carbocycles. The third-order valence-corrected chi connectivity index (χ3v) is 5.67. The first-order chi connectivity index (χ1) is 11.0. The number of hydrogen-bond donors (Lipinski definition) is 0. The second kappa shape index (κ2) is 5.19. The molecule has 2 heterocycles. The summed E-state index contributed by atoms with van der Waals surface area (Å²) in [4.78, 5) is 25.9. The fourth-order valence-corrected chi connectivity index (χ4v) is 4.88. The summed E-state index contributed by atoms with van der Waals surface area (Å²) in [5, 5.41) is 2.37. The fourth-order valence-electron chi connectivity index (χ4n) is 4.77. The van der Waals surface area contributed by atoms with Crippen molar-refractivity contribution in [3.63, 3.8) is 0 Å². The van der Waals surface area contributed by atoms with Gasteiger partial charge in [-0.2, -0.15) is 0 Å². The minimum Gasteiger partial charge on any atom is -0.373 e. The van der Waals surface area contributed by atoms with Gasteiger partial charge < -0.3 is 4.74 Å². The molecule has 0 spiro atoms. The van der Waals surface area contributed by atoms with Crippen molar-refractivity contribution in [2.24, 2.45) is 11.8 Å². The number of carbonyl (C=O) groups excluding carboxylic acids is 2. The lowest BCUT2D eigenvalue weighted by Gasteiger charge is -2.17. The molecule has 2 saturated heterocycles. The topological polar surface area (TPSA) is 43.4 Å². The van der Waals surface area contributed by atoms with E-state index in [1.807, 2.05) is 26.0 Å². The highest BCUT2D eigenvalue weighted by Crippen LogP contribution is 2.52. The van der Waals surface area contributed by atoms with Crippen LogP contribution in [0.3, 0.4) is 0 Å². The SMILES string of the molecule is Cc1cc(C#CCl)cc(C)c1C1C(=O)[C@@H]2C3CCC(O3)[C@@H]2C1=O. The van der Waals surface area contributed by atoms with Gasteiger partial charge >= 0.3 is 0 Å². The third-order valence-electron chi connectivity index (χ3n) is 5.57. The van der Waals surface area contributed by atoms with Gasteiger partial charge in [0.05, 0.1) is 24.0 Å². The van der Waals surface area contributed by atoms with Crippen LogP contribution in [0.5, 0.6) is 0 Å². The van der Waals surface area contributed by atoms with Gasteiger partial charge in [0, 0.05) is 10.9 Å². The lowest BCUT2D eigenvalue weighted by atomic mass is 9.81. The Morgan fingerprint density at radius 1 is 1.04 bits per heavy atom. The number of halogens is 1. The molecule has 0 radical (unpaired) electrons. The van der Waals surface area contributed by atoms with Crippen LogP contribution in [0.1, 0.15) is 41.0 Å². The Morgan fingerprint density at radius 2 is 1.57 bits per heavy atom. The van der Waals surface area contributed by atoms with Crippen molar-refractivity contribution in [1.29, 1.82) is 0 Å². The minimum atomic E-state index is -0.630. The van der Waals surface area contributed by atoms with Gasteiger partial charge in [0.2, 0.25) is 0 Å². The van der Waals surface area contributed by atoms with E-state index in [-0.39, 0.29) is 35.6 Å². The van der Waals surface area contributed by atoms with Crippen LogP contribution in [0.2, 0.25) is 0 Å². The molecule has 1 aliphatic carbocycles. The average Bonchev–Trinajstić information content (AvgIpc) is 3.16. The lowest BCUT2D eigenvalue weighted by molar-refractivity contribution is -0.127. The predicted molar refractivity (Wildman–Crippen MR) is 86.3 cm³/mol. The first-order valence-corrected chi connectivity index (χ1v) is 8.36. The Morgan fingerprint density at radius 3 is 2.04 bits per heavy atom. The Hall–Kier alpha value is -1.63. The maximum atomic E-state index is 13.0. The van der Waals surface area contributed by atoms with Gasteiger partial charge in [-0.1, -0.05) is 0 Å². The van der Waals surface area contributed by atoms with E-state index in [4.69, 9.17) is 16.3 Å². The number of hydrogen-bond acceptors (Lipinski definition) is 3. The van der Waals surface area contributed by atoms with E-state index in [1.165, 1.54) is 0 Å². The normalized spacial score (nSPS) is 34.5. The van der Waals surface area contributed by atoms with E-state index >= 15 is 0 Å². The first-order valence-electron chi connectivity index (χ1n) is 7.98. The summed E-state index contributed by atoms with van der Waals surface area (Å²) in [6, 6.07) is 3.80. The number of rotatable bonds is 1. The molecule has 23 heavy (non-hydrogen) atoms. The second-order valence-electron chi connectivity index (χ2n) is 6.82. The Bertz CT molecular complexity index is 735. The summed E-state index contributed by atoms with van der Waals surface area (Å²) >= 11 is 5.47. The van der Waals surface area contributed by atoms with Gasteiger partial charge in [0.1, 0.15) is 5.92 Å². The highest BCUT2D eigenvalue weighted by atomic mass is 35.5. The van der Waals surface area contributed by atoms with Gasteiger partial charge in [-0.25, -0.2) is 0 Å². The molecule has 3 unspecified atom stereocenters. The monoisotopic (exact) mass is 328 g/mol. The largest absolute Gasteiger partial charge is 0.373 e. The molecule has 5 atom stereocenters. The molecule has 4 rings (SSSR count). The summed E-state index contributed by atoms with van der Waals surface area (Å²) in [5.74, 6) is 1.83. The summed E-state index contributed by atoms with van der Waals surface area (Å²) in [7, 11) is 0. The standard InChI is InChI=1S/C19H17ClO3/c1-9-7-11(5-6-20)8-10(2)14(9)17-18(21)15-12-3-4-13(23-12)16(15)19(17)22/h7-8,12-13,15-17H,3-4H2,1-2H3/t12?,13?,15-,16+,17?. The van der Waals surface area contributed by atoms with E-state index in [2.05, 4.69) is 11.3 Å². The third kappa shape index (κ3) is 2.02. The summed E-state index contributed by atoms with van der Waals surface area (Å²) in [6.45, 7) is 3.86. The molecule has 0 amide bonds. The van der Waals surface area contributed by atoms with E-state index in [1.54, 1.807) is 0 Å². The predicted octanol–water partition coefficient (Wildman–Crippen LogP) is 2.88. The van der Waals surface area contributed by atoms with Crippen LogP contribution in [-0.2, 0) is 14.3 Å². The van der Waals surface area contributed by atoms with E-state index < -0.39 is 5.92 Å². The molecule has 3 nitrogen and oxygen atoms in total. The van der Waals surface area contributed by atoms with Crippen molar-refractivity contribution in [3.05, 3.63) is 34.4 Å². The minimum absolute atomic E-state index is 0.0477. The molecule has 4 heteroatoms. The second-order valence-corrected chi connectivity index (χ2v) is 7.01. The van der Waals surface area contributed by atoms with Crippen LogP contribution in [-0.4, -0.2) is 23.8 Å². The molecular weight excluding hydrogens is 312 g/mol. The van der Waals surface area contributed by atoms with Gasteiger partial charge in [-0.3, -0.25) is 9.59 Å². The smallest absolute Gasteiger partial charge is 0.154 e. The van der Waals surface area contributed by atoms with Crippen molar-refractivity contribution in [3.8, 4) is 11.3 Å². The van der Waals surface area contributed by atoms with Gasteiger partial charge in [-0.15, -0.1) is 0 Å². The lowest BCUT2D eigenvalue weighted by Crippen LogP contribution is -2.29. The molecule has 2 aliphatic heterocycles. The van der Waals surface area contributed by atoms with Crippen LogP contribution in [0.25, 0.3) is 0 Å². The maximum absolute atomic E-state index is 13.0. The van der Waals surface area contributed by atoms with Crippen molar-refractivity contribution < 1.29 is 14.3 Å². The number of ether oxygens (including phenoxy) is 1. The van der Waals surface area contributed by atoms with Gasteiger partial charge in [-0.05, 0) is 73.0 Å².